The highest BCUT2D eigenvalue weighted by atomic mass is 19.1. The number of hydrogen-bond acceptors (Lipinski definition) is 5. The zero-order valence-electron chi connectivity index (χ0n) is 19.4. The Hall–Kier alpha value is -3.81. The fourth-order valence-electron chi connectivity index (χ4n) is 4.95. The highest BCUT2D eigenvalue weighted by Gasteiger charge is 2.29. The van der Waals surface area contributed by atoms with Gasteiger partial charge in [-0.05, 0) is 73.2 Å². The zero-order chi connectivity index (χ0) is 24.2. The van der Waals surface area contributed by atoms with Crippen molar-refractivity contribution in [3.05, 3.63) is 83.8 Å². The summed E-state index contributed by atoms with van der Waals surface area (Å²) in [4.78, 5) is 29.3. The Kier molecular flexibility index (Phi) is 6.70. The minimum Gasteiger partial charge on any atom is -0.354 e. The molecule has 2 fully saturated rings. The van der Waals surface area contributed by atoms with Crippen LogP contribution in [-0.4, -0.2) is 53.1 Å². The van der Waals surface area contributed by atoms with E-state index in [1.165, 1.54) is 17.7 Å². The van der Waals surface area contributed by atoms with Crippen LogP contribution in [0.5, 0.6) is 0 Å². The minimum atomic E-state index is -0.395. The number of anilines is 2. The first-order valence-electron chi connectivity index (χ1n) is 12.0. The van der Waals surface area contributed by atoms with Crippen molar-refractivity contribution < 1.29 is 14.0 Å². The summed E-state index contributed by atoms with van der Waals surface area (Å²) in [6.45, 7) is 2.70. The van der Waals surface area contributed by atoms with Crippen LogP contribution in [0, 0.1) is 11.7 Å². The molecule has 1 N–H and O–H groups in total. The molecule has 180 valence electrons. The monoisotopic (exact) mass is 473 g/mol. The SMILES string of the molecule is O=C(Nc1ccc(C2CCN(C(=O)c3cccc(F)c3)CC2)cc1)[C@H]1CCN(c2cccnn2)C1. The molecule has 0 spiro atoms. The molecule has 3 aromatic rings. The van der Waals surface area contributed by atoms with Gasteiger partial charge in [0.15, 0.2) is 5.82 Å². The van der Waals surface area contributed by atoms with Gasteiger partial charge in [-0.3, -0.25) is 9.59 Å². The van der Waals surface area contributed by atoms with Gasteiger partial charge in [-0.1, -0.05) is 18.2 Å². The maximum atomic E-state index is 13.5. The number of nitrogens with zero attached hydrogens (tertiary/aromatic N) is 4. The summed E-state index contributed by atoms with van der Waals surface area (Å²) in [5.74, 6) is 0.576. The van der Waals surface area contributed by atoms with Crippen molar-refractivity contribution in [2.75, 3.05) is 36.4 Å². The molecule has 7 nitrogen and oxygen atoms in total. The van der Waals surface area contributed by atoms with Crippen molar-refractivity contribution in [1.82, 2.24) is 15.1 Å². The van der Waals surface area contributed by atoms with Crippen LogP contribution in [0.4, 0.5) is 15.9 Å². The molecular formula is C27H28FN5O2. The lowest BCUT2D eigenvalue weighted by Gasteiger charge is -2.32. The van der Waals surface area contributed by atoms with Crippen molar-refractivity contribution in [2.24, 2.45) is 5.92 Å². The van der Waals surface area contributed by atoms with Crippen LogP contribution in [0.1, 0.15) is 41.1 Å². The van der Waals surface area contributed by atoms with Crippen LogP contribution in [0.25, 0.3) is 0 Å². The van der Waals surface area contributed by atoms with Crippen LogP contribution in [0.2, 0.25) is 0 Å². The van der Waals surface area contributed by atoms with Gasteiger partial charge >= 0.3 is 0 Å². The molecule has 2 saturated heterocycles. The standard InChI is InChI=1S/C27H28FN5O2/c28-23-4-1-3-21(17-23)27(35)32-14-10-20(11-15-32)19-6-8-24(9-7-19)30-26(34)22-12-16-33(18-22)25-5-2-13-29-31-25/h1-9,13,17,20,22H,10-12,14-16,18H2,(H,30,34)/t22-/m0/s1. The average molecular weight is 474 g/mol. The number of nitrogens with one attached hydrogen (secondary N) is 1. The van der Waals surface area contributed by atoms with Crippen LogP contribution >= 0.6 is 0 Å². The number of amides is 2. The van der Waals surface area contributed by atoms with Crippen molar-refractivity contribution in [3.8, 4) is 0 Å². The molecule has 2 aliphatic rings. The molecule has 0 unspecified atom stereocenters. The number of carbonyl (C=O) groups excluding carboxylic acids is 2. The second-order valence-corrected chi connectivity index (χ2v) is 9.20. The van der Waals surface area contributed by atoms with Gasteiger partial charge in [-0.2, -0.15) is 5.10 Å². The molecule has 1 atom stereocenters. The van der Waals surface area contributed by atoms with Gasteiger partial charge in [0.05, 0.1) is 5.92 Å². The van der Waals surface area contributed by atoms with E-state index in [2.05, 4.69) is 32.5 Å². The fourth-order valence-corrected chi connectivity index (χ4v) is 4.95. The van der Waals surface area contributed by atoms with Crippen molar-refractivity contribution in [2.45, 2.75) is 25.2 Å². The Bertz CT molecular complexity index is 1180. The lowest BCUT2D eigenvalue weighted by molar-refractivity contribution is -0.119. The molecule has 2 aliphatic heterocycles. The number of hydrogen-bond donors (Lipinski definition) is 1. The molecular weight excluding hydrogens is 445 g/mol. The summed E-state index contributed by atoms with van der Waals surface area (Å²) in [7, 11) is 0. The number of halogens is 1. The van der Waals surface area contributed by atoms with Gasteiger partial charge < -0.3 is 15.1 Å². The molecule has 8 heteroatoms. The predicted octanol–water partition coefficient (Wildman–Crippen LogP) is 4.10. The topological polar surface area (TPSA) is 78.4 Å². The van der Waals surface area contributed by atoms with Crippen molar-refractivity contribution in [1.29, 1.82) is 0 Å². The van der Waals surface area contributed by atoms with Crippen molar-refractivity contribution in [3.63, 3.8) is 0 Å². The van der Waals surface area contributed by atoms with Crippen LogP contribution in [-0.2, 0) is 4.79 Å². The molecule has 35 heavy (non-hydrogen) atoms. The van der Waals surface area contributed by atoms with E-state index < -0.39 is 5.82 Å². The third kappa shape index (κ3) is 5.31. The summed E-state index contributed by atoms with van der Waals surface area (Å²) < 4.78 is 13.5. The predicted molar refractivity (Wildman–Crippen MR) is 132 cm³/mol. The maximum absolute atomic E-state index is 13.5. The normalized spacial score (nSPS) is 18.5. The molecule has 0 radical (unpaired) electrons. The number of carbonyl (C=O) groups is 2. The zero-order valence-corrected chi connectivity index (χ0v) is 19.4. The highest BCUT2D eigenvalue weighted by molar-refractivity contribution is 5.94. The molecule has 0 saturated carbocycles. The Morgan fingerprint density at radius 1 is 0.943 bits per heavy atom. The van der Waals surface area contributed by atoms with E-state index in [0.717, 1.165) is 37.3 Å². The third-order valence-corrected chi connectivity index (χ3v) is 6.94. The van der Waals surface area contributed by atoms with Crippen LogP contribution in [0.3, 0.4) is 0 Å². The summed E-state index contributed by atoms with van der Waals surface area (Å²) >= 11 is 0. The Morgan fingerprint density at radius 3 is 2.46 bits per heavy atom. The van der Waals surface area contributed by atoms with E-state index in [0.29, 0.717) is 31.1 Å². The second-order valence-electron chi connectivity index (χ2n) is 9.20. The van der Waals surface area contributed by atoms with Gasteiger partial charge in [-0.25, -0.2) is 4.39 Å². The summed E-state index contributed by atoms with van der Waals surface area (Å²) in [6.07, 6.45) is 4.14. The van der Waals surface area contributed by atoms with Gasteiger partial charge in [0, 0.05) is 43.6 Å². The third-order valence-electron chi connectivity index (χ3n) is 6.94. The summed E-state index contributed by atoms with van der Waals surface area (Å²) in [6, 6.07) is 17.6. The van der Waals surface area contributed by atoms with E-state index >= 15 is 0 Å². The quantitative estimate of drug-likeness (QED) is 0.604. The number of benzene rings is 2. The maximum Gasteiger partial charge on any atom is 0.253 e. The highest BCUT2D eigenvalue weighted by Crippen LogP contribution is 2.30. The number of rotatable bonds is 5. The molecule has 1 aromatic heterocycles. The largest absolute Gasteiger partial charge is 0.354 e. The van der Waals surface area contributed by atoms with Gasteiger partial charge in [-0.15, -0.1) is 5.10 Å². The van der Waals surface area contributed by atoms with Crippen LogP contribution in [0.15, 0.2) is 66.9 Å². The Labute approximate surface area is 204 Å². The minimum absolute atomic E-state index is 0.0216. The fraction of sp³-hybridized carbons (Fsp3) is 0.333. The van der Waals surface area contributed by atoms with E-state index in [9.17, 15) is 14.0 Å². The average Bonchev–Trinajstić information content (AvgIpc) is 3.40. The molecule has 0 bridgehead atoms. The first-order valence-corrected chi connectivity index (χ1v) is 12.0. The van der Waals surface area contributed by atoms with Crippen molar-refractivity contribution >= 4 is 23.3 Å². The summed E-state index contributed by atoms with van der Waals surface area (Å²) in [5.41, 5.74) is 2.39. The second kappa shape index (κ2) is 10.2. The van der Waals surface area contributed by atoms with E-state index in [1.807, 2.05) is 24.3 Å². The van der Waals surface area contributed by atoms with E-state index in [-0.39, 0.29) is 17.7 Å². The molecule has 0 aliphatic carbocycles. The van der Waals surface area contributed by atoms with E-state index in [4.69, 9.17) is 0 Å². The van der Waals surface area contributed by atoms with Gasteiger partial charge in [0.1, 0.15) is 5.82 Å². The lowest BCUT2D eigenvalue weighted by Crippen LogP contribution is -2.37. The van der Waals surface area contributed by atoms with E-state index in [1.54, 1.807) is 23.2 Å². The number of likely N-dealkylation sites (tertiary alicyclic amines) is 1. The first-order chi connectivity index (χ1) is 17.1. The molecule has 2 aromatic carbocycles. The smallest absolute Gasteiger partial charge is 0.253 e. The van der Waals surface area contributed by atoms with Gasteiger partial charge in [0.2, 0.25) is 5.91 Å². The molecule has 3 heterocycles. The summed E-state index contributed by atoms with van der Waals surface area (Å²) in [5, 5.41) is 11.1. The first kappa shape index (κ1) is 23.0. The van der Waals surface area contributed by atoms with Gasteiger partial charge in [0.25, 0.3) is 5.91 Å². The molecule has 2 amide bonds. The van der Waals surface area contributed by atoms with Crippen LogP contribution < -0.4 is 10.2 Å². The Morgan fingerprint density at radius 2 is 1.74 bits per heavy atom. The number of piperidine rings is 1. The lowest BCUT2D eigenvalue weighted by atomic mass is 9.89. The number of aromatic nitrogens is 2. The molecule has 5 rings (SSSR count). The Balaban J connectivity index is 1.12.